The Labute approximate surface area is 150 Å². The van der Waals surface area contributed by atoms with E-state index in [2.05, 4.69) is 34.5 Å². The SMILES string of the molecule is O=C(C1CC12CCNCC2)N1CCC(OCCc2ccccc2)CC1. The average Bonchev–Trinajstić information content (AvgIpc) is 3.36. The number of hydrogen-bond donors (Lipinski definition) is 1. The number of piperidine rings is 2. The number of amides is 1. The van der Waals surface area contributed by atoms with Crippen LogP contribution in [0.3, 0.4) is 0 Å². The summed E-state index contributed by atoms with van der Waals surface area (Å²) in [6.07, 6.45) is 6.76. The monoisotopic (exact) mass is 342 g/mol. The third kappa shape index (κ3) is 3.90. The molecule has 1 amide bonds. The van der Waals surface area contributed by atoms with Gasteiger partial charge in [-0.3, -0.25) is 4.79 Å². The maximum atomic E-state index is 12.8. The number of nitrogens with zero attached hydrogens (tertiary/aromatic N) is 1. The minimum Gasteiger partial charge on any atom is -0.378 e. The van der Waals surface area contributed by atoms with E-state index in [1.165, 1.54) is 18.4 Å². The number of carbonyl (C=O) groups excluding carboxylic acids is 1. The third-order valence-electron chi connectivity index (χ3n) is 6.43. The zero-order valence-corrected chi connectivity index (χ0v) is 15.1. The predicted octanol–water partition coefficient (Wildman–Crippen LogP) is 2.63. The molecule has 25 heavy (non-hydrogen) atoms. The molecule has 4 rings (SSSR count). The fourth-order valence-electron chi connectivity index (χ4n) is 4.63. The summed E-state index contributed by atoms with van der Waals surface area (Å²) in [5, 5.41) is 3.42. The van der Waals surface area contributed by atoms with Gasteiger partial charge in [-0.2, -0.15) is 0 Å². The zero-order chi connectivity index (χ0) is 17.1. The van der Waals surface area contributed by atoms with Crippen LogP contribution < -0.4 is 5.32 Å². The molecule has 0 aromatic heterocycles. The average molecular weight is 342 g/mol. The van der Waals surface area contributed by atoms with Crippen LogP contribution in [0.15, 0.2) is 30.3 Å². The van der Waals surface area contributed by atoms with Gasteiger partial charge in [0.2, 0.25) is 5.91 Å². The molecule has 2 heterocycles. The van der Waals surface area contributed by atoms with E-state index in [-0.39, 0.29) is 0 Å². The molecule has 3 fully saturated rings. The highest BCUT2D eigenvalue weighted by molar-refractivity contribution is 5.82. The topological polar surface area (TPSA) is 41.6 Å². The molecule has 1 aromatic rings. The molecule has 2 aliphatic heterocycles. The molecule has 3 aliphatic rings. The van der Waals surface area contributed by atoms with Crippen molar-refractivity contribution >= 4 is 5.91 Å². The first kappa shape index (κ1) is 17.0. The maximum absolute atomic E-state index is 12.8. The van der Waals surface area contributed by atoms with Gasteiger partial charge in [0.25, 0.3) is 0 Å². The predicted molar refractivity (Wildman–Crippen MR) is 98.3 cm³/mol. The van der Waals surface area contributed by atoms with Gasteiger partial charge in [0.1, 0.15) is 0 Å². The molecule has 1 N–H and O–H groups in total. The molecule has 1 atom stereocenters. The van der Waals surface area contributed by atoms with Crippen molar-refractivity contribution < 1.29 is 9.53 Å². The van der Waals surface area contributed by atoms with E-state index < -0.39 is 0 Å². The molecule has 4 nitrogen and oxygen atoms in total. The van der Waals surface area contributed by atoms with Gasteiger partial charge >= 0.3 is 0 Å². The van der Waals surface area contributed by atoms with Crippen LogP contribution in [0, 0.1) is 11.3 Å². The minimum atomic E-state index is 0.310. The highest BCUT2D eigenvalue weighted by Gasteiger charge is 2.58. The lowest BCUT2D eigenvalue weighted by Crippen LogP contribution is -2.43. The lowest BCUT2D eigenvalue weighted by atomic mass is 9.91. The Morgan fingerprint density at radius 1 is 1.16 bits per heavy atom. The van der Waals surface area contributed by atoms with Crippen LogP contribution in [0.4, 0.5) is 0 Å². The van der Waals surface area contributed by atoms with E-state index in [0.29, 0.717) is 23.3 Å². The molecule has 1 aliphatic carbocycles. The fraction of sp³-hybridized carbons (Fsp3) is 0.667. The molecular weight excluding hydrogens is 312 g/mol. The summed E-state index contributed by atoms with van der Waals surface area (Å²) in [4.78, 5) is 14.9. The number of nitrogens with one attached hydrogen (secondary N) is 1. The molecular formula is C21H30N2O2. The first-order chi connectivity index (χ1) is 12.3. The van der Waals surface area contributed by atoms with E-state index in [0.717, 1.165) is 58.5 Å². The maximum Gasteiger partial charge on any atom is 0.226 e. The lowest BCUT2D eigenvalue weighted by molar-refractivity contribution is -0.136. The van der Waals surface area contributed by atoms with Crippen molar-refractivity contribution in [3.05, 3.63) is 35.9 Å². The second-order valence-corrected chi connectivity index (χ2v) is 8.00. The van der Waals surface area contributed by atoms with Crippen LogP contribution in [0.1, 0.15) is 37.7 Å². The van der Waals surface area contributed by atoms with E-state index in [1.807, 2.05) is 6.07 Å². The van der Waals surface area contributed by atoms with Crippen molar-refractivity contribution in [1.82, 2.24) is 10.2 Å². The Kier molecular flexibility index (Phi) is 5.09. The van der Waals surface area contributed by atoms with Crippen molar-refractivity contribution in [2.75, 3.05) is 32.8 Å². The third-order valence-corrected chi connectivity index (χ3v) is 6.43. The summed E-state index contributed by atoms with van der Waals surface area (Å²) < 4.78 is 6.05. The summed E-state index contributed by atoms with van der Waals surface area (Å²) in [5.41, 5.74) is 1.68. The van der Waals surface area contributed by atoms with Gasteiger partial charge in [-0.15, -0.1) is 0 Å². The van der Waals surface area contributed by atoms with Crippen LogP contribution in [-0.2, 0) is 16.0 Å². The van der Waals surface area contributed by atoms with Gasteiger partial charge in [0, 0.05) is 19.0 Å². The lowest BCUT2D eigenvalue weighted by Gasteiger charge is -2.33. The smallest absolute Gasteiger partial charge is 0.226 e. The number of rotatable bonds is 5. The van der Waals surface area contributed by atoms with Crippen LogP contribution in [-0.4, -0.2) is 49.7 Å². The molecule has 1 spiro atoms. The highest BCUT2D eigenvalue weighted by atomic mass is 16.5. The first-order valence-electron chi connectivity index (χ1n) is 9.92. The number of likely N-dealkylation sites (tertiary alicyclic amines) is 1. The summed E-state index contributed by atoms with van der Waals surface area (Å²) >= 11 is 0. The Morgan fingerprint density at radius 3 is 2.60 bits per heavy atom. The quantitative estimate of drug-likeness (QED) is 0.894. The Balaban J connectivity index is 1.18. The number of carbonyl (C=O) groups is 1. The molecule has 2 saturated heterocycles. The highest BCUT2D eigenvalue weighted by Crippen LogP contribution is 2.59. The molecule has 1 saturated carbocycles. The van der Waals surface area contributed by atoms with Gasteiger partial charge < -0.3 is 15.0 Å². The largest absolute Gasteiger partial charge is 0.378 e. The minimum absolute atomic E-state index is 0.310. The van der Waals surface area contributed by atoms with Crippen LogP contribution in [0.2, 0.25) is 0 Å². The number of ether oxygens (including phenoxy) is 1. The van der Waals surface area contributed by atoms with Gasteiger partial charge in [0.05, 0.1) is 12.7 Å². The molecule has 1 unspecified atom stereocenters. The summed E-state index contributed by atoms with van der Waals surface area (Å²) in [6.45, 7) is 4.70. The van der Waals surface area contributed by atoms with Crippen molar-refractivity contribution in [3.8, 4) is 0 Å². The van der Waals surface area contributed by atoms with Crippen molar-refractivity contribution in [1.29, 1.82) is 0 Å². The second kappa shape index (κ2) is 7.46. The molecule has 0 bridgehead atoms. The van der Waals surface area contributed by atoms with Crippen molar-refractivity contribution in [3.63, 3.8) is 0 Å². The first-order valence-corrected chi connectivity index (χ1v) is 9.92. The van der Waals surface area contributed by atoms with Crippen molar-refractivity contribution in [2.45, 2.75) is 44.6 Å². The summed E-state index contributed by atoms with van der Waals surface area (Å²) in [6, 6.07) is 10.5. The van der Waals surface area contributed by atoms with E-state index in [9.17, 15) is 4.79 Å². The van der Waals surface area contributed by atoms with Crippen LogP contribution >= 0.6 is 0 Å². The molecule has 4 heteroatoms. The Morgan fingerprint density at radius 2 is 1.88 bits per heavy atom. The van der Waals surface area contributed by atoms with Gasteiger partial charge in [-0.05, 0) is 62.6 Å². The Hall–Kier alpha value is -1.39. The van der Waals surface area contributed by atoms with E-state index in [4.69, 9.17) is 4.74 Å². The molecule has 136 valence electrons. The number of hydrogen-bond acceptors (Lipinski definition) is 3. The summed E-state index contributed by atoms with van der Waals surface area (Å²) in [7, 11) is 0. The molecule has 0 radical (unpaired) electrons. The normalized spacial score (nSPS) is 25.9. The van der Waals surface area contributed by atoms with E-state index in [1.54, 1.807) is 0 Å². The summed E-state index contributed by atoms with van der Waals surface area (Å²) in [5.74, 6) is 0.731. The van der Waals surface area contributed by atoms with Gasteiger partial charge in [-0.1, -0.05) is 30.3 Å². The van der Waals surface area contributed by atoms with Gasteiger partial charge in [0.15, 0.2) is 0 Å². The zero-order valence-electron chi connectivity index (χ0n) is 15.1. The van der Waals surface area contributed by atoms with Gasteiger partial charge in [-0.25, -0.2) is 0 Å². The Bertz CT molecular complexity index is 575. The van der Waals surface area contributed by atoms with Crippen LogP contribution in [0.25, 0.3) is 0 Å². The fourth-order valence-corrected chi connectivity index (χ4v) is 4.63. The standard InChI is InChI=1S/C21H30N2O2/c24-20(19-16-21(19)9-11-22-12-10-21)23-13-6-18(7-14-23)25-15-8-17-4-2-1-3-5-17/h1-5,18-19,22H,6-16H2. The number of benzene rings is 1. The van der Waals surface area contributed by atoms with Crippen molar-refractivity contribution in [2.24, 2.45) is 11.3 Å². The molecule has 1 aromatic carbocycles. The van der Waals surface area contributed by atoms with E-state index >= 15 is 0 Å². The van der Waals surface area contributed by atoms with Crippen LogP contribution in [0.5, 0.6) is 0 Å². The second-order valence-electron chi connectivity index (χ2n) is 8.00.